The number of ether oxygens (including phenoxy) is 2. The minimum absolute atomic E-state index is 0.0479. The first-order valence-electron chi connectivity index (χ1n) is 22.1. The van der Waals surface area contributed by atoms with Crippen LogP contribution in [0.1, 0.15) is 174 Å². The minimum atomic E-state index is -5.13. The Labute approximate surface area is 347 Å². The maximum absolute atomic E-state index is 12.8. The van der Waals surface area contributed by atoms with Gasteiger partial charge in [0.05, 0.1) is 6.61 Å². The summed E-state index contributed by atoms with van der Waals surface area (Å²) in [4.78, 5) is 47.4. The summed E-state index contributed by atoms with van der Waals surface area (Å²) in [6, 6.07) is 0. The summed E-state index contributed by atoms with van der Waals surface area (Å²) in [5, 5.41) is 50.0. The fourth-order valence-corrected chi connectivity index (χ4v) is 7.59. The third kappa shape index (κ3) is 26.3. The van der Waals surface area contributed by atoms with Crippen molar-refractivity contribution in [2.24, 2.45) is 0 Å². The number of ketones is 1. The molecule has 1 fully saturated rings. The van der Waals surface area contributed by atoms with E-state index in [2.05, 4.69) is 13.8 Å². The number of aliphatic hydroxyl groups is 5. The molecule has 6 N–H and O–H groups in total. The van der Waals surface area contributed by atoms with E-state index in [0.29, 0.717) is 19.3 Å². The number of carbonyl (C=O) groups excluding carboxylic acids is 3. The van der Waals surface area contributed by atoms with Crippen LogP contribution in [0.15, 0.2) is 24.3 Å². The molecule has 0 aromatic heterocycles. The number of allylic oxidation sites excluding steroid dienone is 4. The third-order valence-electron chi connectivity index (χ3n) is 10.3. The normalized spacial score (nSPS) is 22.6. The summed E-state index contributed by atoms with van der Waals surface area (Å²) in [7, 11) is -5.13. The van der Waals surface area contributed by atoms with Gasteiger partial charge in [-0.15, -0.1) is 0 Å². The molecule has 15 heteroatoms. The minimum Gasteiger partial charge on any atom is -0.462 e. The Morgan fingerprint density at radius 3 is 1.57 bits per heavy atom. The summed E-state index contributed by atoms with van der Waals surface area (Å²) in [5.41, 5.74) is 0. The Morgan fingerprint density at radius 2 is 1.02 bits per heavy atom. The summed E-state index contributed by atoms with van der Waals surface area (Å²) in [6.07, 6.45) is 17.9. The number of phosphoric acid groups is 1. The monoisotopic (exact) mass is 849 g/mol. The summed E-state index contributed by atoms with van der Waals surface area (Å²) < 4.78 is 33.4. The number of unbranched alkanes of at least 4 members (excludes halogenated alkanes) is 19. The van der Waals surface area contributed by atoms with E-state index >= 15 is 0 Å². The Hall–Kier alpha value is -2.00. The molecule has 0 spiro atoms. The van der Waals surface area contributed by atoms with Crippen LogP contribution in [0.3, 0.4) is 0 Å². The van der Waals surface area contributed by atoms with Gasteiger partial charge in [0.25, 0.3) is 0 Å². The van der Waals surface area contributed by atoms with Crippen molar-refractivity contribution >= 4 is 25.5 Å². The molecular weight excluding hydrogens is 771 g/mol. The molecule has 0 aromatic rings. The molecule has 0 heterocycles. The third-order valence-corrected chi connectivity index (χ3v) is 11.3. The second kappa shape index (κ2) is 33.7. The van der Waals surface area contributed by atoms with Crippen LogP contribution in [0.25, 0.3) is 0 Å². The van der Waals surface area contributed by atoms with Gasteiger partial charge < -0.3 is 39.9 Å². The number of esters is 2. The van der Waals surface area contributed by atoms with Crippen LogP contribution in [-0.4, -0.2) is 104 Å². The average Bonchev–Trinajstić information content (AvgIpc) is 3.19. The van der Waals surface area contributed by atoms with Crippen molar-refractivity contribution < 1.29 is 67.9 Å². The van der Waals surface area contributed by atoms with Crippen molar-refractivity contribution in [2.45, 2.75) is 217 Å². The van der Waals surface area contributed by atoms with Gasteiger partial charge in [-0.3, -0.25) is 23.4 Å². The standard InChI is InChI=1S/C43H77O14P/c1-3-5-7-8-9-10-11-12-13-16-19-22-26-30-36(45)54-32-35(33-55-58(52,53)57-43-41(50)39(48)38(47)40(49)42(43)51)56-37(46)31-27-23-20-17-14-15-18-21-25-29-34(44)28-24-6-4-2/h18,21,25,29,35,38-43,47-51H,3-17,19-20,22-24,26-28,30-33H2,1-2H3,(H,52,53)/b21-18-,29-25+/t35-,38?,39-,40+,41-,42-,43?/m1/s1. The molecule has 1 aliphatic carbocycles. The predicted molar refractivity (Wildman–Crippen MR) is 222 cm³/mol. The largest absolute Gasteiger partial charge is 0.472 e. The zero-order valence-electron chi connectivity index (χ0n) is 35.3. The number of phosphoric ester groups is 1. The van der Waals surface area contributed by atoms with E-state index < -0.39 is 75.7 Å². The topological polar surface area (TPSA) is 227 Å². The Balaban J connectivity index is 2.51. The molecule has 0 bridgehead atoms. The average molecular weight is 849 g/mol. The fraction of sp³-hybridized carbons (Fsp3) is 0.837. The number of hydrogen-bond donors (Lipinski definition) is 6. The zero-order valence-corrected chi connectivity index (χ0v) is 36.2. The molecule has 1 aliphatic rings. The lowest BCUT2D eigenvalue weighted by Crippen LogP contribution is -2.64. The highest BCUT2D eigenvalue weighted by molar-refractivity contribution is 7.47. The molecule has 1 rings (SSSR count). The quantitative estimate of drug-likeness (QED) is 0.0120. The highest BCUT2D eigenvalue weighted by atomic mass is 31.2. The lowest BCUT2D eigenvalue weighted by molar-refractivity contribution is -0.220. The number of aliphatic hydroxyl groups excluding tert-OH is 5. The summed E-state index contributed by atoms with van der Waals surface area (Å²) in [5.74, 6) is -1.02. The van der Waals surface area contributed by atoms with Crippen molar-refractivity contribution in [3.8, 4) is 0 Å². The van der Waals surface area contributed by atoms with E-state index in [4.69, 9.17) is 18.5 Å². The Kier molecular flexibility index (Phi) is 31.4. The maximum atomic E-state index is 12.8. The molecule has 3 unspecified atom stereocenters. The number of rotatable bonds is 36. The van der Waals surface area contributed by atoms with Crippen LogP contribution in [0.4, 0.5) is 0 Å². The lowest BCUT2D eigenvalue weighted by atomic mass is 9.85. The molecule has 338 valence electrons. The molecule has 0 radical (unpaired) electrons. The number of hydrogen-bond acceptors (Lipinski definition) is 13. The highest BCUT2D eigenvalue weighted by Gasteiger charge is 2.51. The van der Waals surface area contributed by atoms with E-state index in [1.807, 2.05) is 12.2 Å². The molecule has 0 saturated heterocycles. The first kappa shape index (κ1) is 54.0. The maximum Gasteiger partial charge on any atom is 0.472 e. The first-order chi connectivity index (χ1) is 27.8. The van der Waals surface area contributed by atoms with Gasteiger partial charge in [0.1, 0.15) is 43.2 Å². The number of carbonyl (C=O) groups is 3. The van der Waals surface area contributed by atoms with Crippen LogP contribution in [0.5, 0.6) is 0 Å². The van der Waals surface area contributed by atoms with Gasteiger partial charge in [-0.1, -0.05) is 141 Å². The summed E-state index contributed by atoms with van der Waals surface area (Å²) >= 11 is 0. The van der Waals surface area contributed by atoms with Crippen LogP contribution >= 0.6 is 7.82 Å². The zero-order chi connectivity index (χ0) is 43.0. The van der Waals surface area contributed by atoms with Crippen LogP contribution in [0, 0.1) is 0 Å². The SMILES string of the molecule is CCCCCCCCCCCCCCCC(=O)OC[C@H](COP(=O)(O)OC1[C@H](O)[C@H](O)C(O)[C@H](O)[C@H]1O)OC(=O)CCCCCCC/C=C\C=C\C(=O)CCCCC. The fourth-order valence-electron chi connectivity index (χ4n) is 6.62. The van der Waals surface area contributed by atoms with Gasteiger partial charge >= 0.3 is 19.8 Å². The van der Waals surface area contributed by atoms with Gasteiger partial charge in [0.15, 0.2) is 11.9 Å². The smallest absolute Gasteiger partial charge is 0.462 e. The van der Waals surface area contributed by atoms with Crippen molar-refractivity contribution in [1.29, 1.82) is 0 Å². The highest BCUT2D eigenvalue weighted by Crippen LogP contribution is 2.47. The van der Waals surface area contributed by atoms with Gasteiger partial charge in [0.2, 0.25) is 0 Å². The van der Waals surface area contributed by atoms with Gasteiger partial charge in [-0.2, -0.15) is 0 Å². The molecule has 14 nitrogen and oxygen atoms in total. The Morgan fingerprint density at radius 1 is 0.569 bits per heavy atom. The van der Waals surface area contributed by atoms with Gasteiger partial charge in [-0.25, -0.2) is 4.57 Å². The van der Waals surface area contributed by atoms with E-state index in [-0.39, 0.29) is 18.6 Å². The molecular formula is C43H77O14P. The predicted octanol–water partition coefficient (Wildman–Crippen LogP) is 7.24. The summed E-state index contributed by atoms with van der Waals surface area (Å²) in [6.45, 7) is 3.11. The van der Waals surface area contributed by atoms with E-state index in [1.54, 1.807) is 12.2 Å². The van der Waals surface area contributed by atoms with Gasteiger partial charge in [-0.05, 0) is 38.2 Å². The second-order valence-electron chi connectivity index (χ2n) is 15.6. The molecule has 0 amide bonds. The van der Waals surface area contributed by atoms with Crippen molar-refractivity contribution in [1.82, 2.24) is 0 Å². The first-order valence-corrected chi connectivity index (χ1v) is 23.6. The lowest BCUT2D eigenvalue weighted by Gasteiger charge is -2.41. The van der Waals surface area contributed by atoms with Crippen LogP contribution in [0.2, 0.25) is 0 Å². The van der Waals surface area contributed by atoms with Crippen molar-refractivity contribution in [3.05, 3.63) is 24.3 Å². The van der Waals surface area contributed by atoms with Gasteiger partial charge in [0, 0.05) is 19.3 Å². The van der Waals surface area contributed by atoms with Crippen LogP contribution < -0.4 is 0 Å². The molecule has 0 aliphatic heterocycles. The van der Waals surface area contributed by atoms with Crippen molar-refractivity contribution in [3.63, 3.8) is 0 Å². The molecule has 58 heavy (non-hydrogen) atoms. The molecule has 0 aromatic carbocycles. The second-order valence-corrected chi connectivity index (χ2v) is 17.0. The van der Waals surface area contributed by atoms with E-state index in [9.17, 15) is 49.4 Å². The van der Waals surface area contributed by atoms with Crippen molar-refractivity contribution in [2.75, 3.05) is 13.2 Å². The molecule has 8 atom stereocenters. The van der Waals surface area contributed by atoms with Crippen LogP contribution in [-0.2, 0) is 37.5 Å². The van der Waals surface area contributed by atoms with E-state index in [0.717, 1.165) is 70.6 Å². The van der Waals surface area contributed by atoms with E-state index in [1.165, 1.54) is 57.8 Å². The molecule has 1 saturated carbocycles. The Bertz CT molecular complexity index is 1180.